The van der Waals surface area contributed by atoms with Crippen molar-refractivity contribution in [3.05, 3.63) is 34.9 Å². The van der Waals surface area contributed by atoms with Crippen molar-refractivity contribution in [3.8, 4) is 0 Å². The summed E-state index contributed by atoms with van der Waals surface area (Å²) in [6.07, 6.45) is 17.1. The molecule has 0 aromatic carbocycles. The van der Waals surface area contributed by atoms with Crippen molar-refractivity contribution in [1.29, 1.82) is 0 Å². The molecule has 0 aliphatic heterocycles. The molecule has 1 N–H and O–H groups in total. The maximum atomic E-state index is 10.2. The number of fused-ring (bicyclic) bond motifs is 4. The first-order valence-electron chi connectivity index (χ1n) is 12.4. The molecule has 0 spiro atoms. The Kier molecular flexibility index (Phi) is 5.69. The van der Waals surface area contributed by atoms with Gasteiger partial charge in [0.1, 0.15) is 0 Å². The van der Waals surface area contributed by atoms with Crippen LogP contribution in [0.25, 0.3) is 0 Å². The third-order valence-electron chi connectivity index (χ3n) is 9.91. The van der Waals surface area contributed by atoms with Gasteiger partial charge in [-0.1, -0.05) is 76.5 Å². The van der Waals surface area contributed by atoms with Crippen LogP contribution in [0.4, 0.5) is 0 Å². The van der Waals surface area contributed by atoms with Gasteiger partial charge in [-0.05, 0) is 86.4 Å². The monoisotopic (exact) mass is 396 g/mol. The van der Waals surface area contributed by atoms with Gasteiger partial charge in [0.05, 0.1) is 6.10 Å². The number of allylic oxidation sites excluding steroid dienone is 5. The zero-order chi connectivity index (χ0) is 21.0. The van der Waals surface area contributed by atoms with Gasteiger partial charge in [0.15, 0.2) is 0 Å². The molecule has 29 heavy (non-hydrogen) atoms. The third-order valence-corrected chi connectivity index (χ3v) is 9.91. The van der Waals surface area contributed by atoms with E-state index in [1.807, 2.05) is 5.57 Å². The van der Waals surface area contributed by atoms with Gasteiger partial charge in [-0.25, -0.2) is 0 Å². The average Bonchev–Trinajstić information content (AvgIpc) is 3.03. The lowest BCUT2D eigenvalue weighted by Crippen LogP contribution is -2.41. The molecule has 0 saturated heterocycles. The summed E-state index contributed by atoms with van der Waals surface area (Å²) in [5, 5.41) is 10.2. The minimum absolute atomic E-state index is 0.109. The normalized spacial score (nSPS) is 41.8. The van der Waals surface area contributed by atoms with Crippen molar-refractivity contribution in [3.63, 3.8) is 0 Å². The van der Waals surface area contributed by atoms with Gasteiger partial charge in [-0.2, -0.15) is 0 Å². The first-order valence-corrected chi connectivity index (χ1v) is 12.4. The Balaban J connectivity index is 1.57. The highest BCUT2D eigenvalue weighted by molar-refractivity contribution is 5.43. The van der Waals surface area contributed by atoms with Crippen LogP contribution in [0, 0.1) is 40.4 Å². The molecule has 162 valence electrons. The molecule has 0 aromatic rings. The smallest absolute Gasteiger partial charge is 0.0578 e. The van der Waals surface area contributed by atoms with Gasteiger partial charge in [0, 0.05) is 5.41 Å². The Labute approximate surface area is 179 Å². The summed E-state index contributed by atoms with van der Waals surface area (Å²) < 4.78 is 0. The topological polar surface area (TPSA) is 20.2 Å². The van der Waals surface area contributed by atoms with E-state index in [1.54, 1.807) is 11.1 Å². The molecular weight excluding hydrogens is 352 g/mol. The fourth-order valence-corrected chi connectivity index (χ4v) is 7.51. The maximum absolute atomic E-state index is 10.2. The van der Waals surface area contributed by atoms with Gasteiger partial charge < -0.3 is 5.11 Å². The van der Waals surface area contributed by atoms with Crippen molar-refractivity contribution in [1.82, 2.24) is 0 Å². The molecule has 0 aromatic heterocycles. The fourth-order valence-electron chi connectivity index (χ4n) is 7.51. The second-order valence-corrected chi connectivity index (χ2v) is 11.8. The van der Waals surface area contributed by atoms with Gasteiger partial charge in [0.2, 0.25) is 0 Å². The van der Waals surface area contributed by atoms with Crippen LogP contribution in [0.5, 0.6) is 0 Å². The molecule has 0 heterocycles. The Bertz CT molecular complexity index is 725. The number of hydrogen-bond donors (Lipinski definition) is 1. The highest BCUT2D eigenvalue weighted by atomic mass is 16.3. The van der Waals surface area contributed by atoms with E-state index in [-0.39, 0.29) is 11.5 Å². The summed E-state index contributed by atoms with van der Waals surface area (Å²) in [5.74, 6) is 3.69. The van der Waals surface area contributed by atoms with Crippen LogP contribution < -0.4 is 0 Å². The molecule has 0 amide bonds. The van der Waals surface area contributed by atoms with Crippen molar-refractivity contribution < 1.29 is 5.11 Å². The second-order valence-electron chi connectivity index (χ2n) is 11.8. The lowest BCUT2D eigenvalue weighted by atomic mass is 9.53. The van der Waals surface area contributed by atoms with Gasteiger partial charge in [0.25, 0.3) is 0 Å². The Morgan fingerprint density at radius 3 is 2.52 bits per heavy atom. The first kappa shape index (κ1) is 21.4. The van der Waals surface area contributed by atoms with Crippen LogP contribution in [-0.2, 0) is 0 Å². The highest BCUT2D eigenvalue weighted by Crippen LogP contribution is 2.64. The van der Waals surface area contributed by atoms with Crippen molar-refractivity contribution in [2.45, 2.75) is 99.0 Å². The largest absolute Gasteiger partial charge is 0.393 e. The molecule has 1 heteroatoms. The fraction of sp³-hybridized carbons (Fsp3) is 0.786. The summed E-state index contributed by atoms with van der Waals surface area (Å²) in [4.78, 5) is 0. The Morgan fingerprint density at radius 2 is 1.79 bits per heavy atom. The Hall–Kier alpha value is -0.820. The summed E-state index contributed by atoms with van der Waals surface area (Å²) in [6.45, 7) is 14.6. The molecule has 4 aliphatic rings. The van der Waals surface area contributed by atoms with Crippen molar-refractivity contribution >= 4 is 0 Å². The standard InChI is InChI=1S/C28H44O/c1-18(2)19(3)7-8-20(4)24-11-12-25-23-10-9-21-17-22(29)13-15-27(21,5)26(23)14-16-28(24,25)6/h7-9,18-20,22,24-25,29H,10-17H2,1-6H3/t19-,20+,22-,24+,25?,27-,28+/m0/s1. The van der Waals surface area contributed by atoms with Crippen LogP contribution in [0.15, 0.2) is 34.9 Å². The SMILES string of the molecule is CC(C)[C@@H](C)C=C[C@@H](C)[C@H]1CCC2C3=C(CC[C@@]21C)[C@@]1(C)CC[C@H](O)CC1=CC3. The van der Waals surface area contributed by atoms with Crippen LogP contribution in [-0.4, -0.2) is 11.2 Å². The number of aliphatic hydroxyl groups excluding tert-OH is 1. The van der Waals surface area contributed by atoms with Crippen LogP contribution in [0.1, 0.15) is 92.9 Å². The molecule has 2 fully saturated rings. The van der Waals surface area contributed by atoms with Gasteiger partial charge in [-0.15, -0.1) is 0 Å². The van der Waals surface area contributed by atoms with E-state index in [0.29, 0.717) is 17.3 Å². The molecule has 0 bridgehead atoms. The maximum Gasteiger partial charge on any atom is 0.0578 e. The zero-order valence-corrected chi connectivity index (χ0v) is 19.8. The lowest BCUT2D eigenvalue weighted by Gasteiger charge is -2.52. The molecule has 7 atom stereocenters. The molecule has 1 unspecified atom stereocenters. The van der Waals surface area contributed by atoms with Crippen LogP contribution in [0.2, 0.25) is 0 Å². The second kappa shape index (κ2) is 7.70. The molecule has 4 aliphatic carbocycles. The van der Waals surface area contributed by atoms with Crippen molar-refractivity contribution in [2.24, 2.45) is 40.4 Å². The summed E-state index contributed by atoms with van der Waals surface area (Å²) in [6, 6.07) is 0. The molecule has 4 rings (SSSR count). The molecular formula is C28H44O. The van der Waals surface area contributed by atoms with E-state index >= 15 is 0 Å². The van der Waals surface area contributed by atoms with Crippen LogP contribution >= 0.6 is 0 Å². The molecule has 2 saturated carbocycles. The van der Waals surface area contributed by atoms with E-state index < -0.39 is 0 Å². The zero-order valence-electron chi connectivity index (χ0n) is 19.8. The van der Waals surface area contributed by atoms with E-state index in [1.165, 1.54) is 25.7 Å². The minimum Gasteiger partial charge on any atom is -0.393 e. The molecule has 0 radical (unpaired) electrons. The van der Waals surface area contributed by atoms with Crippen LogP contribution in [0.3, 0.4) is 0 Å². The predicted molar refractivity (Wildman–Crippen MR) is 124 cm³/mol. The summed E-state index contributed by atoms with van der Waals surface area (Å²) >= 11 is 0. The third kappa shape index (κ3) is 3.50. The minimum atomic E-state index is -0.109. The van der Waals surface area contributed by atoms with E-state index in [9.17, 15) is 5.11 Å². The summed E-state index contributed by atoms with van der Waals surface area (Å²) in [7, 11) is 0. The van der Waals surface area contributed by atoms with E-state index in [0.717, 1.165) is 43.4 Å². The lowest BCUT2D eigenvalue weighted by molar-refractivity contribution is 0.0971. The van der Waals surface area contributed by atoms with E-state index in [2.05, 4.69) is 59.8 Å². The highest BCUT2D eigenvalue weighted by Gasteiger charge is 2.54. The van der Waals surface area contributed by atoms with Gasteiger partial charge in [-0.3, -0.25) is 0 Å². The average molecular weight is 397 g/mol. The first-order chi connectivity index (χ1) is 13.7. The quantitative estimate of drug-likeness (QED) is 0.488. The number of hydrogen-bond acceptors (Lipinski definition) is 1. The molecule has 1 nitrogen and oxygen atoms in total. The Morgan fingerprint density at radius 1 is 1.03 bits per heavy atom. The van der Waals surface area contributed by atoms with Gasteiger partial charge >= 0.3 is 0 Å². The summed E-state index contributed by atoms with van der Waals surface area (Å²) in [5.41, 5.74) is 5.88. The van der Waals surface area contributed by atoms with E-state index in [4.69, 9.17) is 0 Å². The predicted octanol–water partition coefficient (Wildman–Crippen LogP) is 7.47. The number of rotatable bonds is 4. The van der Waals surface area contributed by atoms with Crippen molar-refractivity contribution in [2.75, 3.05) is 0 Å². The number of aliphatic hydroxyl groups is 1.